The van der Waals surface area contributed by atoms with Gasteiger partial charge in [-0.3, -0.25) is 9.48 Å². The van der Waals surface area contributed by atoms with Crippen molar-refractivity contribution in [3.8, 4) is 0 Å². The van der Waals surface area contributed by atoms with Gasteiger partial charge in [0.05, 0.1) is 16.8 Å². The zero-order chi connectivity index (χ0) is 13.3. The maximum atomic E-state index is 13.7. The number of halogens is 3. The van der Waals surface area contributed by atoms with Crippen LogP contribution >= 0.6 is 23.2 Å². The number of hydrogen-bond donors (Lipinski definition) is 0. The van der Waals surface area contributed by atoms with E-state index in [2.05, 4.69) is 5.10 Å². The Kier molecular flexibility index (Phi) is 3.68. The van der Waals surface area contributed by atoms with Crippen molar-refractivity contribution in [2.24, 2.45) is 0 Å². The van der Waals surface area contributed by atoms with Crippen molar-refractivity contribution in [3.05, 3.63) is 51.5 Å². The summed E-state index contributed by atoms with van der Waals surface area (Å²) in [4.78, 5) is 12.2. The molecule has 0 aliphatic rings. The van der Waals surface area contributed by atoms with Gasteiger partial charge in [-0.15, -0.1) is 0 Å². The molecule has 0 atom stereocenters. The van der Waals surface area contributed by atoms with E-state index in [1.807, 2.05) is 6.92 Å². The molecule has 2 rings (SSSR count). The Balaban J connectivity index is 2.51. The lowest BCUT2D eigenvalue weighted by Gasteiger charge is -2.06. The summed E-state index contributed by atoms with van der Waals surface area (Å²) in [5, 5.41) is 4.38. The zero-order valence-electron chi connectivity index (χ0n) is 9.45. The van der Waals surface area contributed by atoms with E-state index in [-0.39, 0.29) is 21.3 Å². The summed E-state index contributed by atoms with van der Waals surface area (Å²) in [7, 11) is 0. The van der Waals surface area contributed by atoms with Crippen molar-refractivity contribution in [1.29, 1.82) is 0 Å². The highest BCUT2D eigenvalue weighted by molar-refractivity contribution is 6.34. The van der Waals surface area contributed by atoms with Gasteiger partial charge in [0.15, 0.2) is 0 Å². The Bertz CT molecular complexity index is 610. The molecular formula is C12H9Cl2FN2O. The van der Waals surface area contributed by atoms with Gasteiger partial charge in [-0.25, -0.2) is 4.39 Å². The molecule has 0 N–H and O–H groups in total. The Labute approximate surface area is 113 Å². The molecule has 18 heavy (non-hydrogen) atoms. The first kappa shape index (κ1) is 13.1. The van der Waals surface area contributed by atoms with Crippen LogP contribution in [0.15, 0.2) is 24.4 Å². The number of rotatable bonds is 3. The SMILES string of the molecule is CCn1ncc(Cl)c1C(=O)c1ccc(Cl)cc1F. The number of nitrogens with zero attached hydrogens (tertiary/aromatic N) is 2. The molecule has 0 saturated carbocycles. The number of benzene rings is 1. The first-order valence-corrected chi connectivity index (χ1v) is 6.01. The Morgan fingerprint density at radius 2 is 2.17 bits per heavy atom. The van der Waals surface area contributed by atoms with E-state index < -0.39 is 11.6 Å². The molecule has 0 saturated heterocycles. The predicted octanol–water partition coefficient (Wildman–Crippen LogP) is 3.58. The van der Waals surface area contributed by atoms with Gasteiger partial charge in [0.25, 0.3) is 0 Å². The summed E-state index contributed by atoms with van der Waals surface area (Å²) in [5.74, 6) is -1.18. The molecule has 1 heterocycles. The van der Waals surface area contributed by atoms with Gasteiger partial charge in [0, 0.05) is 11.6 Å². The molecule has 0 amide bonds. The second-order valence-corrected chi connectivity index (χ2v) is 4.45. The smallest absolute Gasteiger partial charge is 0.215 e. The second-order valence-electron chi connectivity index (χ2n) is 3.61. The molecular weight excluding hydrogens is 278 g/mol. The lowest BCUT2D eigenvalue weighted by atomic mass is 10.1. The molecule has 2 aromatic rings. The first-order chi connectivity index (χ1) is 8.54. The number of aromatic nitrogens is 2. The van der Waals surface area contributed by atoms with E-state index in [1.165, 1.54) is 23.0 Å². The van der Waals surface area contributed by atoms with Crippen LogP contribution in [0.1, 0.15) is 23.0 Å². The highest BCUT2D eigenvalue weighted by Crippen LogP contribution is 2.22. The van der Waals surface area contributed by atoms with Crippen LogP contribution in [0.4, 0.5) is 4.39 Å². The van der Waals surface area contributed by atoms with Crippen LogP contribution in [0.25, 0.3) is 0 Å². The van der Waals surface area contributed by atoms with Gasteiger partial charge in [-0.1, -0.05) is 23.2 Å². The van der Waals surface area contributed by atoms with E-state index >= 15 is 0 Å². The Hall–Kier alpha value is -1.39. The summed E-state index contributed by atoms with van der Waals surface area (Å²) < 4.78 is 15.1. The van der Waals surface area contributed by atoms with Crippen LogP contribution in [-0.2, 0) is 6.54 Å². The maximum Gasteiger partial charge on any atom is 0.215 e. The quantitative estimate of drug-likeness (QED) is 0.809. The number of aryl methyl sites for hydroxylation is 1. The van der Waals surface area contributed by atoms with E-state index in [0.29, 0.717) is 6.54 Å². The summed E-state index contributed by atoms with van der Waals surface area (Å²) in [6, 6.07) is 3.89. The number of carbonyl (C=O) groups excluding carboxylic acids is 1. The molecule has 3 nitrogen and oxygen atoms in total. The molecule has 6 heteroatoms. The minimum absolute atomic E-state index is 0.0727. The van der Waals surface area contributed by atoms with Gasteiger partial charge in [-0.05, 0) is 25.1 Å². The summed E-state index contributed by atoms with van der Waals surface area (Å²) in [6.07, 6.45) is 1.37. The third kappa shape index (κ3) is 2.26. The van der Waals surface area contributed by atoms with Crippen molar-refractivity contribution in [1.82, 2.24) is 9.78 Å². The highest BCUT2D eigenvalue weighted by Gasteiger charge is 2.21. The minimum atomic E-state index is -0.674. The molecule has 1 aromatic heterocycles. The van der Waals surface area contributed by atoms with Gasteiger partial charge in [0.2, 0.25) is 5.78 Å². The summed E-state index contributed by atoms with van der Waals surface area (Å²) in [5.41, 5.74) is 0.108. The normalized spacial score (nSPS) is 10.7. The van der Waals surface area contributed by atoms with E-state index in [1.54, 1.807) is 0 Å². The van der Waals surface area contributed by atoms with Crippen molar-refractivity contribution in [3.63, 3.8) is 0 Å². The van der Waals surface area contributed by atoms with Crippen molar-refractivity contribution < 1.29 is 9.18 Å². The van der Waals surface area contributed by atoms with Crippen LogP contribution in [0.3, 0.4) is 0 Å². The minimum Gasteiger partial charge on any atom is -0.287 e. The lowest BCUT2D eigenvalue weighted by Crippen LogP contribution is -2.12. The third-order valence-corrected chi connectivity index (χ3v) is 3.00. The van der Waals surface area contributed by atoms with Crippen LogP contribution in [0.2, 0.25) is 10.0 Å². The Morgan fingerprint density at radius 3 is 2.78 bits per heavy atom. The predicted molar refractivity (Wildman–Crippen MR) is 67.8 cm³/mol. The molecule has 1 aromatic carbocycles. The van der Waals surface area contributed by atoms with Gasteiger partial charge >= 0.3 is 0 Å². The summed E-state index contributed by atoms with van der Waals surface area (Å²) >= 11 is 11.5. The fourth-order valence-corrected chi connectivity index (χ4v) is 2.01. The summed E-state index contributed by atoms with van der Waals surface area (Å²) in [6.45, 7) is 2.29. The fraction of sp³-hybridized carbons (Fsp3) is 0.167. The molecule has 0 bridgehead atoms. The average Bonchev–Trinajstić information content (AvgIpc) is 2.69. The largest absolute Gasteiger partial charge is 0.287 e. The van der Waals surface area contributed by atoms with E-state index in [4.69, 9.17) is 23.2 Å². The van der Waals surface area contributed by atoms with Gasteiger partial charge < -0.3 is 0 Å². The zero-order valence-corrected chi connectivity index (χ0v) is 11.0. The lowest BCUT2D eigenvalue weighted by molar-refractivity contribution is 0.102. The monoisotopic (exact) mass is 286 g/mol. The second kappa shape index (κ2) is 5.08. The van der Waals surface area contributed by atoms with Crippen LogP contribution in [-0.4, -0.2) is 15.6 Å². The fourth-order valence-electron chi connectivity index (χ4n) is 1.63. The molecule has 0 aliphatic heterocycles. The van der Waals surface area contributed by atoms with Crippen molar-refractivity contribution in [2.75, 3.05) is 0 Å². The van der Waals surface area contributed by atoms with E-state index in [0.717, 1.165) is 6.07 Å². The first-order valence-electron chi connectivity index (χ1n) is 5.25. The third-order valence-electron chi connectivity index (χ3n) is 2.49. The van der Waals surface area contributed by atoms with Crippen LogP contribution < -0.4 is 0 Å². The van der Waals surface area contributed by atoms with Gasteiger partial charge in [-0.2, -0.15) is 5.10 Å². The van der Waals surface area contributed by atoms with E-state index in [9.17, 15) is 9.18 Å². The standard InChI is InChI=1S/C12H9Cl2FN2O/c1-2-17-11(9(14)6-16-17)12(18)8-4-3-7(13)5-10(8)15/h3-6H,2H2,1H3. The Morgan fingerprint density at radius 1 is 1.44 bits per heavy atom. The molecule has 0 fully saturated rings. The molecule has 0 unspecified atom stereocenters. The molecule has 0 spiro atoms. The molecule has 0 radical (unpaired) electrons. The van der Waals surface area contributed by atoms with Crippen molar-refractivity contribution in [2.45, 2.75) is 13.5 Å². The van der Waals surface area contributed by atoms with Gasteiger partial charge in [0.1, 0.15) is 11.5 Å². The number of ketones is 1. The topological polar surface area (TPSA) is 34.9 Å². The number of carbonyl (C=O) groups is 1. The van der Waals surface area contributed by atoms with Crippen LogP contribution in [0.5, 0.6) is 0 Å². The average molecular weight is 287 g/mol. The highest BCUT2D eigenvalue weighted by atomic mass is 35.5. The number of hydrogen-bond acceptors (Lipinski definition) is 2. The van der Waals surface area contributed by atoms with Crippen LogP contribution in [0, 0.1) is 5.82 Å². The molecule has 94 valence electrons. The van der Waals surface area contributed by atoms with Crippen molar-refractivity contribution >= 4 is 29.0 Å². The molecule has 0 aliphatic carbocycles. The maximum absolute atomic E-state index is 13.7.